The van der Waals surface area contributed by atoms with Crippen LogP contribution in [0.15, 0.2) is 78.0 Å². The number of benzene rings is 2. The SMILES string of the molecule is CCCc1ncc(C2Oc3cc(C4=CC=C([C@@H]5CCCN5C(=O)[C@@H](CC(=O)OC)C(C)C)C4)cc(F)c3-c3cc4cc(C5=CC=C([C@@H]6C[C@H]7C[C@H]7N6C(=O)[C@@H](CC(=O)OC)C(C)C)C5)ccc4n32)s1. The van der Waals surface area contributed by atoms with Crippen LogP contribution in [0.25, 0.3) is 33.3 Å². The molecule has 10 rings (SSSR count). The monoisotopic (exact) mass is 954 g/mol. The summed E-state index contributed by atoms with van der Waals surface area (Å²) in [6.45, 7) is 10.7. The molecule has 0 N–H and O–H groups in total. The minimum Gasteiger partial charge on any atom is -0.469 e. The van der Waals surface area contributed by atoms with E-state index in [1.54, 1.807) is 17.4 Å². The number of esters is 2. The van der Waals surface area contributed by atoms with Crippen molar-refractivity contribution in [3.05, 3.63) is 105 Å². The van der Waals surface area contributed by atoms with Crippen molar-refractivity contribution in [2.75, 3.05) is 20.8 Å². The van der Waals surface area contributed by atoms with Gasteiger partial charge in [-0.25, -0.2) is 9.37 Å². The number of hydrogen-bond acceptors (Lipinski definition) is 9. The lowest BCUT2D eigenvalue weighted by atomic mass is 9.89. The minimum absolute atomic E-state index is 0.00411. The molecule has 0 spiro atoms. The second-order valence-electron chi connectivity index (χ2n) is 20.6. The zero-order chi connectivity index (χ0) is 48.4. The number of likely N-dealkylation sites (tertiary alicyclic amines) is 2. The van der Waals surface area contributed by atoms with E-state index in [1.807, 2.05) is 50.9 Å². The quantitative estimate of drug-likeness (QED) is 0.108. The lowest BCUT2D eigenvalue weighted by molar-refractivity contribution is -0.148. The molecule has 7 atom stereocenters. The highest BCUT2D eigenvalue weighted by Crippen LogP contribution is 2.53. The molecule has 5 heterocycles. The maximum atomic E-state index is 17.0. The summed E-state index contributed by atoms with van der Waals surface area (Å²) >= 11 is 1.63. The average molecular weight is 955 g/mol. The Kier molecular flexibility index (Phi) is 12.8. The predicted molar refractivity (Wildman–Crippen MR) is 265 cm³/mol. The summed E-state index contributed by atoms with van der Waals surface area (Å²) in [6, 6.07) is 12.2. The molecule has 3 aliphatic carbocycles. The minimum atomic E-state index is -0.568. The third-order valence-corrected chi connectivity index (χ3v) is 16.7. The molecule has 0 bridgehead atoms. The molecule has 0 radical (unpaired) electrons. The first-order chi connectivity index (χ1) is 33.3. The summed E-state index contributed by atoms with van der Waals surface area (Å²) in [5, 5.41) is 2.00. The molecule has 1 unspecified atom stereocenters. The van der Waals surface area contributed by atoms with Gasteiger partial charge in [0.25, 0.3) is 0 Å². The van der Waals surface area contributed by atoms with Gasteiger partial charge in [0.2, 0.25) is 18.0 Å². The highest BCUT2D eigenvalue weighted by Gasteiger charge is 2.56. The van der Waals surface area contributed by atoms with Crippen LogP contribution in [0.4, 0.5) is 4.39 Å². The van der Waals surface area contributed by atoms with Crippen LogP contribution in [0, 0.1) is 35.4 Å². The van der Waals surface area contributed by atoms with Gasteiger partial charge in [0.15, 0.2) is 0 Å². The van der Waals surface area contributed by atoms with Crippen LogP contribution in [-0.2, 0) is 35.1 Å². The normalized spacial score (nSPS) is 23.2. The number of nitrogens with zero attached hydrogens (tertiary/aromatic N) is 4. The molecular formula is C56H63FN4O7S. The number of carbonyl (C=O) groups excluding carboxylic acids is 4. The van der Waals surface area contributed by atoms with E-state index in [1.165, 1.54) is 25.4 Å². The van der Waals surface area contributed by atoms with Gasteiger partial charge in [-0.05, 0) is 133 Å². The number of halogens is 1. The van der Waals surface area contributed by atoms with Gasteiger partial charge in [0.05, 0.1) is 77.6 Å². The van der Waals surface area contributed by atoms with Gasteiger partial charge in [-0.15, -0.1) is 11.3 Å². The first kappa shape index (κ1) is 46.9. The molecule has 2 aromatic heterocycles. The topological polar surface area (TPSA) is 120 Å². The van der Waals surface area contributed by atoms with Gasteiger partial charge in [-0.3, -0.25) is 23.7 Å². The number of fused-ring (bicyclic) bond motifs is 6. The molecule has 1 saturated carbocycles. The fourth-order valence-electron chi connectivity index (χ4n) is 11.7. The predicted octanol–water partition coefficient (Wildman–Crippen LogP) is 10.9. The molecule has 2 amide bonds. The van der Waals surface area contributed by atoms with Crippen LogP contribution in [0.2, 0.25) is 0 Å². The van der Waals surface area contributed by atoms with Crippen molar-refractivity contribution in [1.29, 1.82) is 0 Å². The van der Waals surface area contributed by atoms with Gasteiger partial charge in [-0.1, -0.05) is 65.0 Å². The maximum absolute atomic E-state index is 17.0. The van der Waals surface area contributed by atoms with Crippen LogP contribution in [-0.4, -0.2) is 82.0 Å². The Hall–Kier alpha value is -5.82. The smallest absolute Gasteiger partial charge is 0.306 e. The fraction of sp³-hybridized carbons (Fsp3) is 0.482. The Balaban J connectivity index is 0.915. The summed E-state index contributed by atoms with van der Waals surface area (Å²) in [6.07, 6.45) is 16.8. The summed E-state index contributed by atoms with van der Waals surface area (Å²) in [5.74, 6) is -0.996. The first-order valence-electron chi connectivity index (χ1n) is 24.9. The third-order valence-electron chi connectivity index (χ3n) is 15.7. The van der Waals surface area contributed by atoms with E-state index >= 15 is 4.39 Å². The molecule has 2 saturated heterocycles. The number of amides is 2. The van der Waals surface area contributed by atoms with Crippen molar-refractivity contribution >= 4 is 57.1 Å². The molecule has 3 fully saturated rings. The number of thiazole rings is 1. The summed E-state index contributed by atoms with van der Waals surface area (Å²) in [5.41, 5.74) is 8.34. The Bertz CT molecular complexity index is 2870. The van der Waals surface area contributed by atoms with E-state index in [9.17, 15) is 19.2 Å². The molecule has 69 heavy (non-hydrogen) atoms. The zero-order valence-corrected chi connectivity index (χ0v) is 41.6. The van der Waals surface area contributed by atoms with Crippen molar-refractivity contribution in [2.24, 2.45) is 29.6 Å². The molecule has 3 aliphatic heterocycles. The first-order valence-corrected chi connectivity index (χ1v) is 25.7. The number of ether oxygens (including phenoxy) is 3. The molecule has 2 aromatic carbocycles. The lowest BCUT2D eigenvalue weighted by Gasteiger charge is -2.33. The number of hydrogen-bond donors (Lipinski definition) is 0. The number of methoxy groups -OCH3 is 2. The number of allylic oxidation sites excluding steroid dienone is 6. The van der Waals surface area contributed by atoms with E-state index in [2.05, 4.69) is 58.9 Å². The second-order valence-corrected chi connectivity index (χ2v) is 21.8. The van der Waals surface area contributed by atoms with Gasteiger partial charge in [-0.2, -0.15) is 0 Å². The van der Waals surface area contributed by atoms with Crippen LogP contribution < -0.4 is 4.74 Å². The van der Waals surface area contributed by atoms with E-state index < -0.39 is 18.1 Å². The van der Waals surface area contributed by atoms with Crippen molar-refractivity contribution in [2.45, 2.75) is 123 Å². The molecule has 11 nitrogen and oxygen atoms in total. The van der Waals surface area contributed by atoms with E-state index in [0.29, 0.717) is 30.2 Å². The van der Waals surface area contributed by atoms with Gasteiger partial charge in [0.1, 0.15) is 11.6 Å². The van der Waals surface area contributed by atoms with Crippen molar-refractivity contribution in [3.8, 4) is 17.0 Å². The van der Waals surface area contributed by atoms with Crippen molar-refractivity contribution in [1.82, 2.24) is 19.4 Å². The second kappa shape index (κ2) is 18.8. The zero-order valence-electron chi connectivity index (χ0n) is 40.8. The Morgan fingerprint density at radius 3 is 2.20 bits per heavy atom. The van der Waals surface area contributed by atoms with Crippen LogP contribution in [0.5, 0.6) is 5.75 Å². The van der Waals surface area contributed by atoms with Crippen LogP contribution in [0.3, 0.4) is 0 Å². The standard InChI is InChI=1S/C56H63FN4O7S/c1-8-10-50-58-29-49(69-50)56-61-44-17-16-33(32-12-15-36(19-32)45-23-39-24-46(39)60(45)55(65)41(31(4)5)28-52(63)67-7)21-38(44)25-47(61)53-42(57)22-37(26-48(53)68-56)34-13-14-35(20-34)43-11-9-18-59(43)54(64)40(30(2)3)27-51(62)66-6/h12-17,21-22,25-26,29-31,39-41,43,45-46,56H,8-11,18-20,23-24,27-28H2,1-7H3/t39-,40-,41-,43-,45-,46+,56?/m0/s1. The highest BCUT2D eigenvalue weighted by molar-refractivity contribution is 7.11. The van der Waals surface area contributed by atoms with Crippen LogP contribution in [0.1, 0.15) is 120 Å². The number of aromatic nitrogens is 2. The molecule has 6 aliphatic rings. The average Bonchev–Trinajstić information content (AvgIpc) is 4.10. The molecule has 13 heteroatoms. The maximum Gasteiger partial charge on any atom is 0.306 e. The van der Waals surface area contributed by atoms with Crippen molar-refractivity contribution < 1.29 is 37.8 Å². The summed E-state index contributed by atoms with van der Waals surface area (Å²) in [7, 11) is 2.73. The largest absolute Gasteiger partial charge is 0.469 e. The summed E-state index contributed by atoms with van der Waals surface area (Å²) < 4.78 is 35.9. The fourth-order valence-corrected chi connectivity index (χ4v) is 12.8. The Labute approximate surface area is 408 Å². The van der Waals surface area contributed by atoms with Gasteiger partial charge < -0.3 is 24.0 Å². The summed E-state index contributed by atoms with van der Waals surface area (Å²) in [4.78, 5) is 62.5. The van der Waals surface area contributed by atoms with E-state index in [0.717, 1.165) is 93.7 Å². The number of aryl methyl sites for hydroxylation is 1. The lowest BCUT2D eigenvalue weighted by Crippen LogP contribution is -2.44. The molecule has 362 valence electrons. The third kappa shape index (κ3) is 8.67. The van der Waals surface area contributed by atoms with E-state index in [4.69, 9.17) is 19.2 Å². The van der Waals surface area contributed by atoms with Gasteiger partial charge >= 0.3 is 11.9 Å². The number of piperidine rings is 1. The van der Waals surface area contributed by atoms with Crippen LogP contribution >= 0.6 is 11.3 Å². The molecule has 4 aromatic rings. The van der Waals surface area contributed by atoms with Crippen molar-refractivity contribution in [3.63, 3.8) is 0 Å². The Morgan fingerprint density at radius 2 is 1.52 bits per heavy atom. The highest BCUT2D eigenvalue weighted by atomic mass is 32.1. The van der Waals surface area contributed by atoms with E-state index in [-0.39, 0.29) is 72.4 Å². The van der Waals surface area contributed by atoms with Gasteiger partial charge in [0, 0.05) is 24.2 Å². The molecular weight excluding hydrogens is 892 g/mol. The number of carbonyl (C=O) groups is 4. The number of rotatable bonds is 15. The Morgan fingerprint density at radius 1 is 0.841 bits per heavy atom.